The molecule has 0 amide bonds. The molecule has 0 radical (unpaired) electrons. The molecule has 0 saturated carbocycles. The van der Waals surface area contributed by atoms with E-state index in [9.17, 15) is 0 Å². The number of methoxy groups -OCH3 is 1. The molecule has 114 valence electrons. The number of ether oxygens (including phenoxy) is 1. The molecule has 1 aliphatic rings. The maximum Gasteiger partial charge on any atom is 0.240 e. The lowest BCUT2D eigenvalue weighted by molar-refractivity contribution is 0.109. The second kappa shape index (κ2) is 7.68. The van der Waals surface area contributed by atoms with Crippen LogP contribution in [-0.2, 0) is 11.3 Å². The van der Waals surface area contributed by atoms with E-state index in [1.165, 1.54) is 0 Å². The Morgan fingerprint density at radius 1 is 1.30 bits per heavy atom. The van der Waals surface area contributed by atoms with E-state index >= 15 is 0 Å². The van der Waals surface area contributed by atoms with Gasteiger partial charge in [0.2, 0.25) is 5.89 Å². The first-order valence-electron chi connectivity index (χ1n) is 7.23. The standard InChI is InChI=1S/C13H25N5O2/c1-11(19-2)13-15-12(20-16-13)10-18-6-3-5-17(7-4-14)8-9-18/h11H,3-10,14H2,1-2H3. The van der Waals surface area contributed by atoms with Crippen molar-refractivity contribution in [3.63, 3.8) is 0 Å². The molecule has 1 aromatic heterocycles. The van der Waals surface area contributed by atoms with E-state index < -0.39 is 0 Å². The van der Waals surface area contributed by atoms with E-state index in [4.69, 9.17) is 15.0 Å². The minimum atomic E-state index is -0.128. The van der Waals surface area contributed by atoms with Gasteiger partial charge in [-0.1, -0.05) is 5.16 Å². The van der Waals surface area contributed by atoms with Crippen LogP contribution in [0.5, 0.6) is 0 Å². The smallest absolute Gasteiger partial charge is 0.240 e. The third-order valence-electron chi connectivity index (χ3n) is 3.69. The zero-order chi connectivity index (χ0) is 14.4. The predicted octanol–water partition coefficient (Wildman–Crippen LogP) is 0.243. The molecule has 1 atom stereocenters. The zero-order valence-corrected chi connectivity index (χ0v) is 12.4. The fourth-order valence-corrected chi connectivity index (χ4v) is 2.38. The number of hydrogen-bond donors (Lipinski definition) is 1. The zero-order valence-electron chi connectivity index (χ0n) is 12.4. The molecule has 0 spiro atoms. The molecule has 7 nitrogen and oxygen atoms in total. The van der Waals surface area contributed by atoms with E-state index in [0.717, 1.165) is 45.7 Å². The fourth-order valence-electron chi connectivity index (χ4n) is 2.38. The molecule has 2 heterocycles. The third-order valence-corrected chi connectivity index (χ3v) is 3.69. The summed E-state index contributed by atoms with van der Waals surface area (Å²) >= 11 is 0. The van der Waals surface area contributed by atoms with Gasteiger partial charge in [0, 0.05) is 33.3 Å². The van der Waals surface area contributed by atoms with Crippen LogP contribution >= 0.6 is 0 Å². The van der Waals surface area contributed by atoms with Gasteiger partial charge in [-0.2, -0.15) is 4.98 Å². The molecule has 2 rings (SSSR count). The molecule has 2 N–H and O–H groups in total. The molecule has 1 saturated heterocycles. The molecule has 20 heavy (non-hydrogen) atoms. The van der Waals surface area contributed by atoms with Crippen LogP contribution in [0.15, 0.2) is 4.52 Å². The van der Waals surface area contributed by atoms with Crippen LogP contribution in [0.1, 0.15) is 31.2 Å². The molecular formula is C13H25N5O2. The monoisotopic (exact) mass is 283 g/mol. The first-order chi connectivity index (χ1) is 9.72. The molecule has 0 bridgehead atoms. The first kappa shape index (κ1) is 15.4. The average molecular weight is 283 g/mol. The molecule has 0 aromatic carbocycles. The van der Waals surface area contributed by atoms with Gasteiger partial charge < -0.3 is 19.9 Å². The SMILES string of the molecule is COC(C)c1noc(CN2CCCN(CCN)CC2)n1. The predicted molar refractivity (Wildman–Crippen MR) is 75.1 cm³/mol. The molecule has 7 heteroatoms. The lowest BCUT2D eigenvalue weighted by Crippen LogP contribution is -2.33. The number of nitrogens with two attached hydrogens (primary N) is 1. The Morgan fingerprint density at radius 2 is 2.05 bits per heavy atom. The maximum absolute atomic E-state index is 5.61. The van der Waals surface area contributed by atoms with Crippen LogP contribution in [0.25, 0.3) is 0 Å². The highest BCUT2D eigenvalue weighted by molar-refractivity contribution is 4.90. The molecule has 0 aliphatic carbocycles. The van der Waals surface area contributed by atoms with Crippen LogP contribution in [0.3, 0.4) is 0 Å². The van der Waals surface area contributed by atoms with Crippen LogP contribution in [0, 0.1) is 0 Å². The van der Waals surface area contributed by atoms with Crippen LogP contribution in [0.4, 0.5) is 0 Å². The van der Waals surface area contributed by atoms with Crippen molar-refractivity contribution in [2.45, 2.75) is 26.0 Å². The summed E-state index contributed by atoms with van der Waals surface area (Å²) in [6.45, 7) is 8.54. The number of hydrogen-bond acceptors (Lipinski definition) is 7. The van der Waals surface area contributed by atoms with Crippen molar-refractivity contribution in [1.82, 2.24) is 19.9 Å². The minimum Gasteiger partial charge on any atom is -0.374 e. The molecule has 1 unspecified atom stereocenters. The highest BCUT2D eigenvalue weighted by Gasteiger charge is 2.18. The van der Waals surface area contributed by atoms with Gasteiger partial charge in [0.05, 0.1) is 6.54 Å². The van der Waals surface area contributed by atoms with Gasteiger partial charge in [0.1, 0.15) is 6.10 Å². The summed E-state index contributed by atoms with van der Waals surface area (Å²) in [7, 11) is 1.64. The normalized spacial score (nSPS) is 19.9. The largest absolute Gasteiger partial charge is 0.374 e. The summed E-state index contributed by atoms with van der Waals surface area (Å²) in [4.78, 5) is 9.14. The van der Waals surface area contributed by atoms with Gasteiger partial charge in [0.15, 0.2) is 5.82 Å². The summed E-state index contributed by atoms with van der Waals surface area (Å²) in [6, 6.07) is 0. The Balaban J connectivity index is 1.85. The van der Waals surface area contributed by atoms with Crippen molar-refractivity contribution in [3.05, 3.63) is 11.7 Å². The van der Waals surface area contributed by atoms with Crippen molar-refractivity contribution in [2.24, 2.45) is 5.73 Å². The molecule has 1 aliphatic heterocycles. The maximum atomic E-state index is 5.61. The minimum absolute atomic E-state index is 0.128. The summed E-state index contributed by atoms with van der Waals surface area (Å²) in [5.41, 5.74) is 5.61. The highest BCUT2D eigenvalue weighted by Crippen LogP contribution is 2.13. The van der Waals surface area contributed by atoms with E-state index in [1.54, 1.807) is 7.11 Å². The Bertz CT molecular complexity index is 398. The fraction of sp³-hybridized carbons (Fsp3) is 0.846. The lowest BCUT2D eigenvalue weighted by Gasteiger charge is -2.19. The van der Waals surface area contributed by atoms with Gasteiger partial charge in [-0.05, 0) is 26.4 Å². The summed E-state index contributed by atoms with van der Waals surface area (Å²) in [5, 5.41) is 3.96. The average Bonchev–Trinajstić information content (AvgIpc) is 2.80. The van der Waals surface area contributed by atoms with Crippen molar-refractivity contribution in [3.8, 4) is 0 Å². The number of aromatic nitrogens is 2. The van der Waals surface area contributed by atoms with E-state index in [1.807, 2.05) is 6.92 Å². The Kier molecular flexibility index (Phi) is 5.90. The number of rotatable bonds is 6. The molecule has 1 aromatic rings. The van der Waals surface area contributed by atoms with Crippen molar-refractivity contribution in [1.29, 1.82) is 0 Å². The van der Waals surface area contributed by atoms with Gasteiger partial charge in [-0.3, -0.25) is 4.90 Å². The summed E-state index contributed by atoms with van der Waals surface area (Å²) in [6.07, 6.45) is 1.02. The Morgan fingerprint density at radius 3 is 2.80 bits per heavy atom. The van der Waals surface area contributed by atoms with Crippen molar-refractivity contribution < 1.29 is 9.26 Å². The summed E-state index contributed by atoms with van der Waals surface area (Å²) < 4.78 is 10.5. The van der Waals surface area contributed by atoms with Crippen LogP contribution in [-0.4, -0.2) is 66.3 Å². The van der Waals surface area contributed by atoms with Gasteiger partial charge >= 0.3 is 0 Å². The van der Waals surface area contributed by atoms with Gasteiger partial charge in [-0.15, -0.1) is 0 Å². The number of nitrogens with zero attached hydrogens (tertiary/aromatic N) is 4. The van der Waals surface area contributed by atoms with Gasteiger partial charge in [0.25, 0.3) is 0 Å². The first-order valence-corrected chi connectivity index (χ1v) is 7.23. The summed E-state index contributed by atoms with van der Waals surface area (Å²) in [5.74, 6) is 1.28. The third kappa shape index (κ3) is 4.24. The Labute approximate surface area is 120 Å². The van der Waals surface area contributed by atoms with Crippen LogP contribution in [0.2, 0.25) is 0 Å². The lowest BCUT2D eigenvalue weighted by atomic mass is 10.3. The topological polar surface area (TPSA) is 80.7 Å². The van der Waals surface area contributed by atoms with Gasteiger partial charge in [-0.25, -0.2) is 0 Å². The van der Waals surface area contributed by atoms with Crippen LogP contribution < -0.4 is 5.73 Å². The van der Waals surface area contributed by atoms with Crippen molar-refractivity contribution >= 4 is 0 Å². The molecule has 1 fully saturated rings. The highest BCUT2D eigenvalue weighted by atomic mass is 16.5. The Hall–Kier alpha value is -1.02. The molecular weight excluding hydrogens is 258 g/mol. The van der Waals surface area contributed by atoms with E-state index in [2.05, 4.69) is 19.9 Å². The van der Waals surface area contributed by atoms with Crippen molar-refractivity contribution in [2.75, 3.05) is 46.4 Å². The van der Waals surface area contributed by atoms with E-state index in [0.29, 0.717) is 18.3 Å². The second-order valence-electron chi connectivity index (χ2n) is 5.18. The van der Waals surface area contributed by atoms with E-state index in [-0.39, 0.29) is 6.10 Å². The second-order valence-corrected chi connectivity index (χ2v) is 5.18. The quantitative estimate of drug-likeness (QED) is 0.801.